The Morgan fingerprint density at radius 3 is 2.40 bits per heavy atom. The third-order valence-electron chi connectivity index (χ3n) is 5.82. The summed E-state index contributed by atoms with van der Waals surface area (Å²) >= 11 is 1.27. The van der Waals surface area contributed by atoms with Gasteiger partial charge in [-0.3, -0.25) is 9.59 Å². The van der Waals surface area contributed by atoms with Crippen LogP contribution in [0.3, 0.4) is 0 Å². The molecule has 10 heteroatoms. The van der Waals surface area contributed by atoms with E-state index in [9.17, 15) is 22.6 Å². The number of H-pyrrole nitrogens is 1. The number of nitrogens with zero attached hydrogens (tertiary/aromatic N) is 1. The van der Waals surface area contributed by atoms with Crippen molar-refractivity contribution in [3.63, 3.8) is 0 Å². The predicted octanol–water partition coefficient (Wildman–Crippen LogP) is 0.762. The number of hydrogen-bond donors (Lipinski definition) is 1. The van der Waals surface area contributed by atoms with E-state index in [1.165, 1.54) is 23.5 Å². The molecule has 7 nitrogen and oxygen atoms in total. The maximum Gasteiger partial charge on any atom is 1.00 e. The van der Waals surface area contributed by atoms with Crippen molar-refractivity contribution < 1.29 is 42.5 Å². The maximum absolute atomic E-state index is 12.8. The summed E-state index contributed by atoms with van der Waals surface area (Å²) in [6, 6.07) is 18.9. The molecule has 1 aliphatic heterocycles. The molecule has 0 bridgehead atoms. The van der Waals surface area contributed by atoms with Gasteiger partial charge in [0.1, 0.15) is 14.7 Å². The Hall–Kier alpha value is -2.53. The van der Waals surface area contributed by atoms with Gasteiger partial charge in [0.15, 0.2) is 0 Å². The second-order valence-corrected chi connectivity index (χ2v) is 10.4. The van der Waals surface area contributed by atoms with Crippen LogP contribution < -0.4 is 45.3 Å². The van der Waals surface area contributed by atoms with Gasteiger partial charge in [-0.15, -0.1) is 11.3 Å². The van der Waals surface area contributed by atoms with Crippen LogP contribution in [0, 0.1) is 9.88 Å². The summed E-state index contributed by atoms with van der Waals surface area (Å²) in [4.78, 5) is 30.5. The fourth-order valence-corrected chi connectivity index (χ4v) is 5.75. The van der Waals surface area contributed by atoms with E-state index in [4.69, 9.17) is 0 Å². The van der Waals surface area contributed by atoms with Crippen molar-refractivity contribution in [3.8, 4) is 0 Å². The summed E-state index contributed by atoms with van der Waals surface area (Å²) in [6.07, 6.45) is 0. The van der Waals surface area contributed by atoms with Gasteiger partial charge in [-0.05, 0) is 42.8 Å². The molecule has 1 heterocycles. The van der Waals surface area contributed by atoms with E-state index in [0.717, 1.165) is 15.9 Å². The van der Waals surface area contributed by atoms with E-state index in [2.05, 4.69) is 4.98 Å². The molecule has 1 N–H and O–H groups in total. The van der Waals surface area contributed by atoms with Gasteiger partial charge in [-0.25, -0.2) is 8.42 Å². The first kappa shape index (κ1) is 25.6. The zero-order valence-corrected chi connectivity index (χ0v) is 22.7. The number of aromatic amines is 1. The minimum absolute atomic E-state index is 0. The van der Waals surface area contributed by atoms with Crippen molar-refractivity contribution in [2.45, 2.75) is 18.4 Å². The van der Waals surface area contributed by atoms with Crippen LogP contribution in [0.15, 0.2) is 81.2 Å². The molecular weight excluding hydrogens is 495 g/mol. The van der Waals surface area contributed by atoms with E-state index in [-0.39, 0.29) is 34.5 Å². The van der Waals surface area contributed by atoms with Crippen LogP contribution >= 0.6 is 11.3 Å². The van der Waals surface area contributed by atoms with Crippen LogP contribution in [0.25, 0.3) is 21.0 Å². The van der Waals surface area contributed by atoms with E-state index in [0.29, 0.717) is 39.3 Å². The summed E-state index contributed by atoms with van der Waals surface area (Å²) in [7, 11) is -4.53. The molecule has 1 aliphatic carbocycles. The van der Waals surface area contributed by atoms with Crippen LogP contribution in [0.5, 0.6) is 0 Å². The van der Waals surface area contributed by atoms with Gasteiger partial charge in [0.05, 0.1) is 20.5 Å². The summed E-state index contributed by atoms with van der Waals surface area (Å²) in [5.41, 5.74) is 1.36. The Kier molecular flexibility index (Phi) is 7.19. The third-order valence-corrected chi connectivity index (χ3v) is 7.81. The molecule has 3 aromatic carbocycles. The molecule has 0 saturated heterocycles. The number of fused-ring (bicyclic) bond motifs is 3. The van der Waals surface area contributed by atoms with Gasteiger partial charge in [-0.1, -0.05) is 36.4 Å². The average Bonchev–Trinajstić information content (AvgIpc) is 2.84. The molecule has 0 fully saturated rings. The number of rotatable bonds is 5. The van der Waals surface area contributed by atoms with Crippen molar-refractivity contribution in [2.24, 2.45) is 0 Å². The molecule has 0 amide bonds. The minimum Gasteiger partial charge on any atom is -0.744 e. The van der Waals surface area contributed by atoms with Crippen LogP contribution in [0.2, 0.25) is 0 Å². The van der Waals surface area contributed by atoms with Gasteiger partial charge in [0, 0.05) is 29.5 Å². The Morgan fingerprint density at radius 1 is 0.943 bits per heavy atom. The molecule has 0 unspecified atom stereocenters. The van der Waals surface area contributed by atoms with Crippen LogP contribution in [0.4, 0.5) is 5.69 Å². The zero-order chi connectivity index (χ0) is 24.0. The number of aromatic nitrogens is 1. The van der Waals surface area contributed by atoms with Crippen molar-refractivity contribution in [1.82, 2.24) is 4.98 Å². The van der Waals surface area contributed by atoms with E-state index < -0.39 is 21.0 Å². The van der Waals surface area contributed by atoms with Crippen LogP contribution in [0.1, 0.15) is 12.5 Å². The van der Waals surface area contributed by atoms with Gasteiger partial charge in [-0.2, -0.15) is 0 Å². The third kappa shape index (κ3) is 4.80. The smallest absolute Gasteiger partial charge is 0.744 e. The first-order chi connectivity index (χ1) is 16.3. The molecule has 0 spiro atoms. The summed E-state index contributed by atoms with van der Waals surface area (Å²) in [5.74, 6) is 0. The Balaban J connectivity index is 0.00000289. The second-order valence-electron chi connectivity index (χ2n) is 7.93. The largest absolute Gasteiger partial charge is 1.00 e. The van der Waals surface area contributed by atoms with E-state index in [1.54, 1.807) is 24.3 Å². The van der Waals surface area contributed by atoms with Gasteiger partial charge >= 0.3 is 29.6 Å². The van der Waals surface area contributed by atoms with Gasteiger partial charge < -0.3 is 14.4 Å². The number of nitrogens with one attached hydrogen (secondary N) is 1. The molecule has 35 heavy (non-hydrogen) atoms. The van der Waals surface area contributed by atoms with Crippen molar-refractivity contribution >= 4 is 48.1 Å². The SMILES string of the molecule is CCN(Cc1cccc(S(=O)(=O)[O-])c1)c1ccc2[nH]c3c4ccccc4c(=O)c(=O)c=3sc2c1.[Na+]. The molecule has 5 rings (SSSR count). The van der Waals surface area contributed by atoms with Crippen molar-refractivity contribution in [3.05, 3.63) is 103 Å². The summed E-state index contributed by atoms with van der Waals surface area (Å²) < 4.78 is 35.3. The van der Waals surface area contributed by atoms with Crippen LogP contribution in [-0.4, -0.2) is 24.5 Å². The number of anilines is 1. The van der Waals surface area contributed by atoms with E-state index in [1.807, 2.05) is 42.2 Å². The molecule has 0 aromatic heterocycles. The molecular formula is C25H19N2NaO5S2. The quantitative estimate of drug-likeness (QED) is 0.211. The molecule has 172 valence electrons. The summed E-state index contributed by atoms with van der Waals surface area (Å²) in [5, 5.41) is 1.76. The second kappa shape index (κ2) is 9.85. The van der Waals surface area contributed by atoms with Crippen molar-refractivity contribution in [1.29, 1.82) is 0 Å². The summed E-state index contributed by atoms with van der Waals surface area (Å²) in [6.45, 7) is 3.00. The van der Waals surface area contributed by atoms with Gasteiger partial charge in [0.2, 0.25) is 10.9 Å². The van der Waals surface area contributed by atoms with Crippen molar-refractivity contribution in [2.75, 3.05) is 11.4 Å². The molecule has 0 saturated carbocycles. The predicted molar refractivity (Wildman–Crippen MR) is 133 cm³/mol. The molecule has 2 aliphatic rings. The Bertz CT molecular complexity index is 1870. The molecule has 0 atom stereocenters. The monoisotopic (exact) mass is 514 g/mol. The molecule has 3 aromatic rings. The maximum atomic E-state index is 12.8. The van der Waals surface area contributed by atoms with Gasteiger partial charge in [0.25, 0.3) is 0 Å². The number of hydrogen-bond acceptors (Lipinski definition) is 7. The fraction of sp³-hybridized carbons (Fsp3) is 0.120. The normalized spacial score (nSPS) is 11.6. The first-order valence-electron chi connectivity index (χ1n) is 10.6. The first-order valence-corrected chi connectivity index (χ1v) is 12.8. The topological polar surface area (TPSA) is 110 Å². The zero-order valence-electron chi connectivity index (χ0n) is 19.1. The van der Waals surface area contributed by atoms with Crippen LogP contribution in [-0.2, 0) is 16.7 Å². The van der Waals surface area contributed by atoms with E-state index >= 15 is 0 Å². The molecule has 0 radical (unpaired) electrons. The number of benzene rings is 3. The minimum atomic E-state index is -4.53. The standard InChI is InChI=1S/C25H20N2O5S2.Na/c1-2-27(14-15-6-5-7-17(12-15)34(30,31)32)16-10-11-20-21(13-16)33-25-22(26-20)18-8-3-4-9-19(18)23(28)24(25)29;/h3-13,26H,2,14H2,1H3,(H,30,31,32);/q;+1/p-1. The fourth-order valence-electron chi connectivity index (χ4n) is 4.13. The average molecular weight is 515 g/mol. The Labute approximate surface area is 226 Å². The Morgan fingerprint density at radius 2 is 1.69 bits per heavy atom.